The molecule has 0 bridgehead atoms. The predicted octanol–water partition coefficient (Wildman–Crippen LogP) is 10.7. The summed E-state index contributed by atoms with van der Waals surface area (Å²) >= 11 is 0. The van der Waals surface area contributed by atoms with Crippen LogP contribution in [0.25, 0.3) is 33.4 Å². The van der Waals surface area contributed by atoms with Gasteiger partial charge < -0.3 is 14.0 Å². The Balaban J connectivity index is 1.37. The van der Waals surface area contributed by atoms with Crippen LogP contribution in [0.3, 0.4) is 0 Å². The quantitative estimate of drug-likeness (QED) is 0.165. The van der Waals surface area contributed by atoms with E-state index in [4.69, 9.17) is 0 Å². The second kappa shape index (κ2) is 12.8. The molecule has 0 fully saturated rings. The first-order valence-electron chi connectivity index (χ1n) is 18.6. The fourth-order valence-corrected chi connectivity index (χ4v) is 14.5. The Morgan fingerprint density at radius 3 is 1.07 bits per heavy atom. The van der Waals surface area contributed by atoms with Gasteiger partial charge in [0.2, 0.25) is 0 Å². The zero-order chi connectivity index (χ0) is 37.3. The van der Waals surface area contributed by atoms with Crippen LogP contribution in [0.4, 0.5) is 17.1 Å². The van der Waals surface area contributed by atoms with Crippen molar-refractivity contribution >= 4 is 63.2 Å². The maximum absolute atomic E-state index is 16.8. The third-order valence-corrected chi connectivity index (χ3v) is 17.4. The number of nitrogens with zero attached hydrogens (tertiary/aromatic N) is 1. The van der Waals surface area contributed by atoms with Crippen LogP contribution in [0, 0.1) is 13.8 Å². The van der Waals surface area contributed by atoms with Gasteiger partial charge in [0.05, 0.1) is 17.1 Å². The molecule has 2 atom stereocenters. The molecule has 0 aromatic heterocycles. The molecule has 2 aliphatic rings. The van der Waals surface area contributed by atoms with Crippen LogP contribution in [-0.4, -0.2) is 0 Å². The van der Waals surface area contributed by atoms with E-state index in [9.17, 15) is 0 Å². The Morgan fingerprint density at radius 2 is 0.691 bits per heavy atom. The summed E-state index contributed by atoms with van der Waals surface area (Å²) in [5.74, 6) is 0. The molecular weight excluding hydrogens is 709 g/mol. The molecular formula is C50H37NO2P2. The number of rotatable bonds is 5. The second-order valence-electron chi connectivity index (χ2n) is 14.6. The van der Waals surface area contributed by atoms with Gasteiger partial charge in [0.1, 0.15) is 0 Å². The monoisotopic (exact) mass is 745 g/mol. The largest absolute Gasteiger partial charge is 0.308 e. The van der Waals surface area contributed by atoms with E-state index in [2.05, 4.69) is 104 Å². The third kappa shape index (κ3) is 5.19. The molecule has 5 heteroatoms. The van der Waals surface area contributed by atoms with Gasteiger partial charge in [-0.1, -0.05) is 163 Å². The fourth-order valence-electron chi connectivity index (χ4n) is 8.36. The summed E-state index contributed by atoms with van der Waals surface area (Å²) in [4.78, 5) is 2.25. The number of fused-ring (bicyclic) bond motifs is 4. The Labute approximate surface area is 322 Å². The lowest BCUT2D eigenvalue weighted by Crippen LogP contribution is -2.46. The molecule has 8 aromatic rings. The predicted molar refractivity (Wildman–Crippen MR) is 233 cm³/mol. The summed E-state index contributed by atoms with van der Waals surface area (Å²) in [6, 6.07) is 64.1. The molecule has 0 N–H and O–H groups in total. The van der Waals surface area contributed by atoms with Crippen LogP contribution in [0.5, 0.6) is 0 Å². The van der Waals surface area contributed by atoms with Crippen molar-refractivity contribution in [3.05, 3.63) is 199 Å². The van der Waals surface area contributed by atoms with Crippen LogP contribution in [-0.2, 0) is 9.13 Å². The molecule has 3 nitrogen and oxygen atoms in total. The van der Waals surface area contributed by atoms with Crippen molar-refractivity contribution in [2.24, 2.45) is 0 Å². The van der Waals surface area contributed by atoms with E-state index in [1.165, 1.54) is 0 Å². The standard InChI is InChI=1S/C50H37NO2P2/c1-34-18-24-42(25-19-34)54(52)46-30-39(36-12-6-3-7-13-36)22-28-44(46)51-45-29-23-40(37-14-8-4-9-15-37)31-47(45)55(53,43-26-20-35(2)21-27-43)49-33-41(32-48(54)50(49)51)38-16-10-5-11-17-38/h3-33H,1-2H3. The van der Waals surface area contributed by atoms with E-state index in [1.807, 2.05) is 103 Å². The summed E-state index contributed by atoms with van der Waals surface area (Å²) in [6.45, 7) is 4.11. The van der Waals surface area contributed by atoms with Crippen molar-refractivity contribution in [2.45, 2.75) is 13.8 Å². The highest BCUT2D eigenvalue weighted by Crippen LogP contribution is 2.61. The SMILES string of the molecule is Cc1ccc(P2(=O)c3cc(-c4ccccc4)ccc3N3c4ccc(-c5ccccc5)cc4P(=O)(c4ccc(C)cc4)c4cc(-c5ccccc5)cc2c43)cc1. The lowest BCUT2D eigenvalue weighted by Gasteiger charge is -2.45. The number of benzene rings is 8. The highest BCUT2D eigenvalue weighted by atomic mass is 31.2. The van der Waals surface area contributed by atoms with Crippen molar-refractivity contribution in [3.8, 4) is 33.4 Å². The molecule has 0 saturated carbocycles. The first-order chi connectivity index (χ1) is 26.8. The summed E-state index contributed by atoms with van der Waals surface area (Å²) in [5.41, 5.74) is 10.6. The molecule has 0 spiro atoms. The van der Waals surface area contributed by atoms with Crippen molar-refractivity contribution in [1.82, 2.24) is 0 Å². The first-order valence-corrected chi connectivity index (χ1v) is 22.0. The van der Waals surface area contributed by atoms with E-state index >= 15 is 9.13 Å². The average Bonchev–Trinajstić information content (AvgIpc) is 3.24. The van der Waals surface area contributed by atoms with E-state index < -0.39 is 14.3 Å². The zero-order valence-corrected chi connectivity index (χ0v) is 32.3. The molecule has 264 valence electrons. The topological polar surface area (TPSA) is 37.4 Å². The Morgan fingerprint density at radius 1 is 0.345 bits per heavy atom. The van der Waals surface area contributed by atoms with Gasteiger partial charge in [-0.25, -0.2) is 0 Å². The van der Waals surface area contributed by atoms with Crippen LogP contribution in [0.2, 0.25) is 0 Å². The molecule has 0 aliphatic carbocycles. The fraction of sp³-hybridized carbons (Fsp3) is 0.0400. The maximum atomic E-state index is 16.8. The van der Waals surface area contributed by atoms with Crippen LogP contribution in [0.1, 0.15) is 11.1 Å². The van der Waals surface area contributed by atoms with Gasteiger partial charge in [-0.3, -0.25) is 0 Å². The molecule has 2 heterocycles. The highest BCUT2D eigenvalue weighted by Gasteiger charge is 2.50. The van der Waals surface area contributed by atoms with E-state index in [1.54, 1.807) is 0 Å². The normalized spacial score (nSPS) is 17.9. The van der Waals surface area contributed by atoms with Gasteiger partial charge >= 0.3 is 0 Å². The van der Waals surface area contributed by atoms with Gasteiger partial charge in [0.25, 0.3) is 0 Å². The molecule has 2 aliphatic heterocycles. The Kier molecular flexibility index (Phi) is 7.82. The van der Waals surface area contributed by atoms with Gasteiger partial charge in [-0.15, -0.1) is 0 Å². The Hall–Kier alpha value is -5.98. The van der Waals surface area contributed by atoms with Crippen molar-refractivity contribution in [2.75, 3.05) is 4.90 Å². The molecule has 55 heavy (non-hydrogen) atoms. The molecule has 2 unspecified atom stereocenters. The molecule has 8 aromatic carbocycles. The van der Waals surface area contributed by atoms with Crippen LogP contribution >= 0.6 is 14.3 Å². The minimum absolute atomic E-state index is 0.704. The van der Waals surface area contributed by atoms with Crippen LogP contribution in [0.15, 0.2) is 188 Å². The summed E-state index contributed by atoms with van der Waals surface area (Å²) < 4.78 is 33.6. The molecule has 0 radical (unpaired) electrons. The number of anilines is 3. The number of aryl methyl sites for hydroxylation is 2. The number of hydrogen-bond donors (Lipinski definition) is 0. The summed E-state index contributed by atoms with van der Waals surface area (Å²) in [6.07, 6.45) is 0. The second-order valence-corrected chi connectivity index (χ2v) is 20.0. The summed E-state index contributed by atoms with van der Waals surface area (Å²) in [7, 11) is -7.18. The summed E-state index contributed by atoms with van der Waals surface area (Å²) in [5, 5.41) is 4.46. The molecule has 10 rings (SSSR count). The van der Waals surface area contributed by atoms with E-state index in [0.29, 0.717) is 10.6 Å². The molecule has 0 saturated heterocycles. The van der Waals surface area contributed by atoms with E-state index in [0.717, 1.165) is 82.8 Å². The average molecular weight is 746 g/mol. The van der Waals surface area contributed by atoms with Gasteiger partial charge in [0.15, 0.2) is 14.3 Å². The van der Waals surface area contributed by atoms with Gasteiger partial charge in [-0.2, -0.15) is 0 Å². The first kappa shape index (κ1) is 33.6. The zero-order valence-electron chi connectivity index (χ0n) is 30.6. The minimum Gasteiger partial charge on any atom is -0.308 e. The third-order valence-electron chi connectivity index (χ3n) is 11.2. The van der Waals surface area contributed by atoms with Gasteiger partial charge in [-0.05, 0) is 83.6 Å². The number of hydrogen-bond acceptors (Lipinski definition) is 3. The lowest BCUT2D eigenvalue weighted by atomic mass is 10.0. The van der Waals surface area contributed by atoms with Crippen LogP contribution < -0.4 is 36.7 Å². The van der Waals surface area contributed by atoms with Crippen molar-refractivity contribution in [3.63, 3.8) is 0 Å². The smallest absolute Gasteiger partial charge is 0.175 e. The highest BCUT2D eigenvalue weighted by molar-refractivity contribution is 7.88. The minimum atomic E-state index is -3.59. The van der Waals surface area contributed by atoms with Crippen molar-refractivity contribution in [1.29, 1.82) is 0 Å². The lowest BCUT2D eigenvalue weighted by molar-refractivity contribution is 0.592. The molecule has 0 amide bonds. The van der Waals surface area contributed by atoms with Gasteiger partial charge in [0, 0.05) is 31.8 Å². The maximum Gasteiger partial charge on any atom is 0.175 e. The van der Waals surface area contributed by atoms with Crippen molar-refractivity contribution < 1.29 is 9.13 Å². The Bertz CT molecular complexity index is 2690. The van der Waals surface area contributed by atoms with E-state index in [-0.39, 0.29) is 0 Å².